The lowest BCUT2D eigenvalue weighted by Gasteiger charge is -2.17. The summed E-state index contributed by atoms with van der Waals surface area (Å²) in [5.74, 6) is 1.28. The van der Waals surface area contributed by atoms with Gasteiger partial charge in [0.2, 0.25) is 0 Å². The maximum atomic E-state index is 12.4. The normalized spacial score (nSPS) is 22.4. The maximum Gasteiger partial charge on any atom is 0.317 e. The van der Waals surface area contributed by atoms with Gasteiger partial charge in [0.15, 0.2) is 0 Å². The van der Waals surface area contributed by atoms with Gasteiger partial charge in [-0.05, 0) is 36.8 Å². The minimum Gasteiger partial charge on any atom is -0.334 e. The van der Waals surface area contributed by atoms with Crippen molar-refractivity contribution in [3.8, 4) is 5.69 Å². The fraction of sp³-hybridized carbons (Fsp3) is 0.368. The Bertz CT molecular complexity index is 721. The van der Waals surface area contributed by atoms with Crippen LogP contribution in [0.15, 0.2) is 54.9 Å². The number of hydrogen-bond donors (Lipinski definition) is 1. The van der Waals surface area contributed by atoms with Crippen molar-refractivity contribution < 1.29 is 4.79 Å². The van der Waals surface area contributed by atoms with Crippen LogP contribution in [0.5, 0.6) is 0 Å². The average molecular weight is 322 g/mol. The molecule has 5 heteroatoms. The summed E-state index contributed by atoms with van der Waals surface area (Å²) < 4.78 is 1.83. The molecule has 1 fully saturated rings. The summed E-state index contributed by atoms with van der Waals surface area (Å²) in [5, 5.41) is 7.39. The molecule has 1 N–H and O–H groups in total. The van der Waals surface area contributed by atoms with E-state index in [2.05, 4.69) is 22.6 Å². The van der Waals surface area contributed by atoms with Crippen LogP contribution in [0.2, 0.25) is 0 Å². The van der Waals surface area contributed by atoms with Gasteiger partial charge in [0.05, 0.1) is 11.9 Å². The van der Waals surface area contributed by atoms with Gasteiger partial charge in [-0.15, -0.1) is 0 Å². The number of amides is 2. The number of allylic oxidation sites excluding steroid dienone is 2. The van der Waals surface area contributed by atoms with Crippen molar-refractivity contribution in [2.45, 2.75) is 19.4 Å². The predicted molar refractivity (Wildman–Crippen MR) is 92.7 cm³/mol. The monoisotopic (exact) mass is 322 g/mol. The van der Waals surface area contributed by atoms with Crippen molar-refractivity contribution in [2.24, 2.45) is 11.8 Å². The van der Waals surface area contributed by atoms with Gasteiger partial charge in [0, 0.05) is 31.4 Å². The first kappa shape index (κ1) is 15.0. The first-order valence-corrected chi connectivity index (χ1v) is 8.56. The molecule has 5 nitrogen and oxygen atoms in total. The highest BCUT2D eigenvalue weighted by atomic mass is 16.2. The van der Waals surface area contributed by atoms with E-state index in [0.717, 1.165) is 37.2 Å². The molecular weight excluding hydrogens is 300 g/mol. The number of urea groups is 1. The Kier molecular flexibility index (Phi) is 4.07. The molecule has 2 aromatic rings. The molecule has 1 aliphatic carbocycles. The molecule has 0 unspecified atom stereocenters. The van der Waals surface area contributed by atoms with Gasteiger partial charge < -0.3 is 10.2 Å². The second-order valence-corrected chi connectivity index (χ2v) is 6.66. The number of fused-ring (bicyclic) bond motifs is 1. The van der Waals surface area contributed by atoms with Crippen LogP contribution in [-0.2, 0) is 6.54 Å². The van der Waals surface area contributed by atoms with Crippen LogP contribution in [0.4, 0.5) is 4.79 Å². The molecule has 1 aromatic heterocycles. The number of aromatic nitrogens is 2. The summed E-state index contributed by atoms with van der Waals surface area (Å²) in [4.78, 5) is 14.4. The van der Waals surface area contributed by atoms with E-state index in [1.165, 1.54) is 0 Å². The van der Waals surface area contributed by atoms with Gasteiger partial charge in [-0.1, -0.05) is 30.4 Å². The van der Waals surface area contributed by atoms with Crippen LogP contribution >= 0.6 is 0 Å². The van der Waals surface area contributed by atoms with Crippen LogP contribution in [0.25, 0.3) is 5.69 Å². The lowest BCUT2D eigenvalue weighted by molar-refractivity contribution is 0.206. The summed E-state index contributed by atoms with van der Waals surface area (Å²) in [7, 11) is 0. The standard InChI is InChI=1S/C19H22N4O/c24-19(22-13-16-6-4-5-7-17(16)14-22)20-10-15-11-21-23(12-15)18-8-2-1-3-9-18/h1-5,8-9,11-12,16-17H,6-7,10,13-14H2,(H,20,24)/t16-,17+. The smallest absolute Gasteiger partial charge is 0.317 e. The van der Waals surface area contributed by atoms with E-state index in [0.29, 0.717) is 18.4 Å². The molecule has 24 heavy (non-hydrogen) atoms. The largest absolute Gasteiger partial charge is 0.334 e. The minimum atomic E-state index is 0.0388. The molecule has 2 atom stereocenters. The first-order valence-electron chi connectivity index (χ1n) is 8.56. The topological polar surface area (TPSA) is 50.2 Å². The van der Waals surface area contributed by atoms with Crippen molar-refractivity contribution in [1.82, 2.24) is 20.0 Å². The number of nitrogens with zero attached hydrogens (tertiary/aromatic N) is 3. The Morgan fingerprint density at radius 2 is 1.83 bits per heavy atom. The summed E-state index contributed by atoms with van der Waals surface area (Å²) in [6, 6.07) is 10.0. The van der Waals surface area contributed by atoms with Crippen molar-refractivity contribution in [3.05, 3.63) is 60.4 Å². The van der Waals surface area contributed by atoms with E-state index >= 15 is 0 Å². The molecule has 2 amide bonds. The van der Waals surface area contributed by atoms with E-state index in [1.54, 1.807) is 6.20 Å². The highest BCUT2D eigenvalue weighted by molar-refractivity contribution is 5.74. The Morgan fingerprint density at radius 1 is 1.12 bits per heavy atom. The van der Waals surface area contributed by atoms with Gasteiger partial charge in [0.25, 0.3) is 0 Å². The zero-order valence-corrected chi connectivity index (χ0v) is 13.6. The summed E-state index contributed by atoms with van der Waals surface area (Å²) in [6.07, 6.45) is 10.5. The van der Waals surface area contributed by atoms with Crippen molar-refractivity contribution >= 4 is 6.03 Å². The second-order valence-electron chi connectivity index (χ2n) is 6.66. The predicted octanol–water partition coefficient (Wildman–Crippen LogP) is 2.98. The van der Waals surface area contributed by atoms with Crippen LogP contribution < -0.4 is 5.32 Å². The number of carbonyl (C=O) groups is 1. The Balaban J connectivity index is 1.33. The molecule has 2 aliphatic rings. The number of rotatable bonds is 3. The zero-order valence-electron chi connectivity index (χ0n) is 13.6. The number of benzene rings is 1. The van der Waals surface area contributed by atoms with Crippen LogP contribution in [0.3, 0.4) is 0 Å². The van der Waals surface area contributed by atoms with Gasteiger partial charge in [-0.25, -0.2) is 9.48 Å². The number of nitrogens with one attached hydrogen (secondary N) is 1. The highest BCUT2D eigenvalue weighted by Gasteiger charge is 2.34. The van der Waals surface area contributed by atoms with E-state index in [-0.39, 0.29) is 6.03 Å². The highest BCUT2D eigenvalue weighted by Crippen LogP contribution is 2.32. The third-order valence-electron chi connectivity index (χ3n) is 5.01. The number of carbonyl (C=O) groups excluding carboxylic acids is 1. The summed E-state index contributed by atoms with van der Waals surface area (Å²) in [5.41, 5.74) is 2.02. The number of hydrogen-bond acceptors (Lipinski definition) is 2. The van der Waals surface area contributed by atoms with Crippen molar-refractivity contribution in [1.29, 1.82) is 0 Å². The number of likely N-dealkylation sites (tertiary alicyclic amines) is 1. The fourth-order valence-corrected chi connectivity index (χ4v) is 3.64. The molecule has 0 saturated carbocycles. The lowest BCUT2D eigenvalue weighted by Crippen LogP contribution is -2.38. The molecule has 0 spiro atoms. The molecule has 1 aliphatic heterocycles. The molecule has 0 bridgehead atoms. The average Bonchev–Trinajstić information content (AvgIpc) is 3.27. The molecule has 1 aromatic carbocycles. The zero-order chi connectivity index (χ0) is 16.4. The van der Waals surface area contributed by atoms with Crippen LogP contribution in [0, 0.1) is 11.8 Å². The molecule has 1 saturated heterocycles. The van der Waals surface area contributed by atoms with Crippen LogP contribution in [-0.4, -0.2) is 33.8 Å². The van der Waals surface area contributed by atoms with Gasteiger partial charge in [-0.2, -0.15) is 5.10 Å². The Hall–Kier alpha value is -2.56. The third-order valence-corrected chi connectivity index (χ3v) is 5.01. The SMILES string of the molecule is O=C(NCc1cnn(-c2ccccc2)c1)N1C[C@H]2CC=CC[C@H]2C1. The minimum absolute atomic E-state index is 0.0388. The quantitative estimate of drug-likeness (QED) is 0.883. The van der Waals surface area contributed by atoms with Crippen molar-refractivity contribution in [3.63, 3.8) is 0 Å². The van der Waals surface area contributed by atoms with E-state index in [1.807, 2.05) is 46.1 Å². The second kappa shape index (κ2) is 6.51. The molecule has 0 radical (unpaired) electrons. The Labute approximate surface area is 142 Å². The summed E-state index contributed by atoms with van der Waals surface area (Å²) in [6.45, 7) is 2.27. The number of para-hydroxylation sites is 1. The van der Waals surface area contributed by atoms with Crippen molar-refractivity contribution in [2.75, 3.05) is 13.1 Å². The van der Waals surface area contributed by atoms with E-state index in [4.69, 9.17) is 0 Å². The summed E-state index contributed by atoms with van der Waals surface area (Å²) >= 11 is 0. The van der Waals surface area contributed by atoms with Crippen LogP contribution in [0.1, 0.15) is 18.4 Å². The van der Waals surface area contributed by atoms with E-state index < -0.39 is 0 Å². The maximum absolute atomic E-state index is 12.4. The fourth-order valence-electron chi connectivity index (χ4n) is 3.64. The first-order chi connectivity index (χ1) is 11.8. The van der Waals surface area contributed by atoms with E-state index in [9.17, 15) is 4.79 Å². The third kappa shape index (κ3) is 3.07. The molecular formula is C19H22N4O. The van der Waals surface area contributed by atoms with Gasteiger partial charge in [0.1, 0.15) is 0 Å². The van der Waals surface area contributed by atoms with Gasteiger partial charge in [-0.3, -0.25) is 0 Å². The van der Waals surface area contributed by atoms with Gasteiger partial charge >= 0.3 is 6.03 Å². The molecule has 124 valence electrons. The lowest BCUT2D eigenvalue weighted by atomic mass is 9.86. The molecule has 4 rings (SSSR count). The molecule has 2 heterocycles. The Morgan fingerprint density at radius 3 is 2.54 bits per heavy atom.